The van der Waals surface area contributed by atoms with Crippen LogP contribution in [-0.4, -0.2) is 31.0 Å². The van der Waals surface area contributed by atoms with Crippen LogP contribution in [0.4, 0.5) is 0 Å². The van der Waals surface area contributed by atoms with Gasteiger partial charge in [0.1, 0.15) is 17.9 Å². The van der Waals surface area contributed by atoms with Crippen molar-refractivity contribution in [2.24, 2.45) is 4.99 Å². The zero-order chi connectivity index (χ0) is 16.9. The molecule has 3 rings (SSSR count). The van der Waals surface area contributed by atoms with Crippen molar-refractivity contribution in [3.8, 4) is 0 Å². The SMILES string of the molecule is CCNC(=NCC(=O)NC1CC1)NCc1oc2ccccc2c1C. The highest BCUT2D eigenvalue weighted by Crippen LogP contribution is 2.24. The maximum atomic E-state index is 11.8. The molecule has 6 heteroatoms. The van der Waals surface area contributed by atoms with Gasteiger partial charge in [-0.3, -0.25) is 4.79 Å². The highest BCUT2D eigenvalue weighted by Gasteiger charge is 2.22. The Morgan fingerprint density at radius 1 is 1.29 bits per heavy atom. The monoisotopic (exact) mass is 328 g/mol. The summed E-state index contributed by atoms with van der Waals surface area (Å²) in [6, 6.07) is 8.35. The number of guanidine groups is 1. The van der Waals surface area contributed by atoms with Gasteiger partial charge < -0.3 is 20.4 Å². The van der Waals surface area contributed by atoms with Gasteiger partial charge in [0.15, 0.2) is 5.96 Å². The lowest BCUT2D eigenvalue weighted by Gasteiger charge is -2.10. The normalized spacial score (nSPS) is 14.7. The lowest BCUT2D eigenvalue weighted by molar-refractivity contribution is -0.119. The van der Waals surface area contributed by atoms with E-state index in [-0.39, 0.29) is 12.5 Å². The minimum atomic E-state index is -0.0328. The number of carbonyl (C=O) groups is 1. The molecule has 1 saturated carbocycles. The number of fused-ring (bicyclic) bond motifs is 1. The molecule has 0 spiro atoms. The second-order valence-corrected chi connectivity index (χ2v) is 6.04. The smallest absolute Gasteiger partial charge is 0.242 e. The molecule has 0 atom stereocenters. The molecule has 1 amide bonds. The van der Waals surface area contributed by atoms with Gasteiger partial charge in [-0.1, -0.05) is 18.2 Å². The number of benzene rings is 1. The van der Waals surface area contributed by atoms with E-state index >= 15 is 0 Å². The van der Waals surface area contributed by atoms with E-state index in [0.29, 0.717) is 18.5 Å². The molecule has 0 aliphatic heterocycles. The van der Waals surface area contributed by atoms with Crippen LogP contribution in [0.3, 0.4) is 0 Å². The van der Waals surface area contributed by atoms with Crippen LogP contribution in [0, 0.1) is 6.92 Å². The van der Waals surface area contributed by atoms with Crippen molar-refractivity contribution in [3.05, 3.63) is 35.6 Å². The van der Waals surface area contributed by atoms with Gasteiger partial charge in [0, 0.05) is 23.5 Å². The van der Waals surface area contributed by atoms with Gasteiger partial charge >= 0.3 is 0 Å². The second kappa shape index (κ2) is 7.38. The first kappa shape index (κ1) is 16.4. The van der Waals surface area contributed by atoms with Gasteiger partial charge in [-0.2, -0.15) is 0 Å². The van der Waals surface area contributed by atoms with E-state index in [1.807, 2.05) is 25.1 Å². The molecule has 1 fully saturated rings. The summed E-state index contributed by atoms with van der Waals surface area (Å²) in [4.78, 5) is 16.1. The summed E-state index contributed by atoms with van der Waals surface area (Å²) < 4.78 is 5.89. The minimum Gasteiger partial charge on any atom is -0.459 e. The highest BCUT2D eigenvalue weighted by atomic mass is 16.3. The van der Waals surface area contributed by atoms with Crippen LogP contribution in [-0.2, 0) is 11.3 Å². The third-order valence-corrected chi connectivity index (χ3v) is 4.03. The van der Waals surface area contributed by atoms with Crippen LogP contribution in [0.2, 0.25) is 0 Å². The lowest BCUT2D eigenvalue weighted by atomic mass is 10.1. The summed E-state index contributed by atoms with van der Waals surface area (Å²) in [7, 11) is 0. The fourth-order valence-electron chi connectivity index (χ4n) is 2.55. The molecule has 3 N–H and O–H groups in total. The molecular formula is C18H24N4O2. The summed E-state index contributed by atoms with van der Waals surface area (Å²) >= 11 is 0. The van der Waals surface area contributed by atoms with E-state index in [9.17, 15) is 4.79 Å². The molecule has 6 nitrogen and oxygen atoms in total. The van der Waals surface area contributed by atoms with Gasteiger partial charge in [0.25, 0.3) is 0 Å². The van der Waals surface area contributed by atoms with Crippen LogP contribution in [0.25, 0.3) is 11.0 Å². The van der Waals surface area contributed by atoms with E-state index in [0.717, 1.165) is 41.7 Å². The van der Waals surface area contributed by atoms with Crippen molar-refractivity contribution in [2.75, 3.05) is 13.1 Å². The number of rotatable bonds is 6. The Labute approximate surface area is 141 Å². The molecule has 1 aliphatic rings. The molecule has 2 aromatic rings. The molecule has 0 saturated heterocycles. The maximum Gasteiger partial charge on any atom is 0.242 e. The predicted octanol–water partition coefficient (Wildman–Crippen LogP) is 2.07. The third-order valence-electron chi connectivity index (χ3n) is 4.03. The lowest BCUT2D eigenvalue weighted by Crippen LogP contribution is -2.38. The van der Waals surface area contributed by atoms with Gasteiger partial charge in [0.2, 0.25) is 5.91 Å². The molecule has 1 aliphatic carbocycles. The number of furan rings is 1. The standard InChI is InChI=1S/C18H24N4O2/c1-3-19-18(21-11-17(23)22-13-8-9-13)20-10-16-12(2)14-6-4-5-7-15(14)24-16/h4-7,13H,3,8-11H2,1-2H3,(H,22,23)(H2,19,20,21). The van der Waals surface area contributed by atoms with Gasteiger partial charge in [-0.15, -0.1) is 0 Å². The summed E-state index contributed by atoms with van der Waals surface area (Å²) in [5.41, 5.74) is 2.01. The van der Waals surface area contributed by atoms with Crippen LogP contribution >= 0.6 is 0 Å². The zero-order valence-electron chi connectivity index (χ0n) is 14.2. The highest BCUT2D eigenvalue weighted by molar-refractivity contribution is 5.85. The number of carbonyl (C=O) groups excluding carboxylic acids is 1. The Balaban J connectivity index is 1.61. The molecule has 0 radical (unpaired) electrons. The second-order valence-electron chi connectivity index (χ2n) is 6.04. The van der Waals surface area contributed by atoms with Crippen LogP contribution in [0.5, 0.6) is 0 Å². The van der Waals surface area contributed by atoms with E-state index in [1.54, 1.807) is 0 Å². The maximum absolute atomic E-state index is 11.8. The van der Waals surface area contributed by atoms with Crippen LogP contribution < -0.4 is 16.0 Å². The number of nitrogens with one attached hydrogen (secondary N) is 3. The molecule has 1 heterocycles. The predicted molar refractivity (Wildman–Crippen MR) is 94.9 cm³/mol. The molecule has 1 aromatic heterocycles. The molecule has 24 heavy (non-hydrogen) atoms. The van der Waals surface area contributed by atoms with E-state index in [2.05, 4.69) is 33.9 Å². The van der Waals surface area contributed by atoms with Gasteiger partial charge in [-0.25, -0.2) is 4.99 Å². The molecule has 0 bridgehead atoms. The van der Waals surface area contributed by atoms with E-state index < -0.39 is 0 Å². The van der Waals surface area contributed by atoms with Crippen molar-refractivity contribution >= 4 is 22.8 Å². The number of hydrogen-bond acceptors (Lipinski definition) is 3. The number of para-hydroxylation sites is 1. The first-order chi connectivity index (χ1) is 11.7. The first-order valence-corrected chi connectivity index (χ1v) is 8.46. The fourth-order valence-corrected chi connectivity index (χ4v) is 2.55. The summed E-state index contributed by atoms with van der Waals surface area (Å²) in [5, 5.41) is 10.4. The fraction of sp³-hybridized carbons (Fsp3) is 0.444. The Kier molecular flexibility index (Phi) is 5.03. The zero-order valence-corrected chi connectivity index (χ0v) is 14.2. The van der Waals surface area contributed by atoms with Gasteiger partial charge in [0.05, 0.1) is 6.54 Å². The topological polar surface area (TPSA) is 78.7 Å². The average Bonchev–Trinajstić information content (AvgIpc) is 3.33. The Bertz CT molecular complexity index is 747. The quantitative estimate of drug-likeness (QED) is 0.560. The molecule has 128 valence electrons. The third kappa shape index (κ3) is 4.07. The van der Waals surface area contributed by atoms with Crippen molar-refractivity contribution < 1.29 is 9.21 Å². The largest absolute Gasteiger partial charge is 0.459 e. The minimum absolute atomic E-state index is 0.0328. The molecule has 0 unspecified atom stereocenters. The van der Waals surface area contributed by atoms with E-state index in [4.69, 9.17) is 4.42 Å². The number of aliphatic imine (C=N–C) groups is 1. The van der Waals surface area contributed by atoms with Crippen molar-refractivity contribution in [3.63, 3.8) is 0 Å². The van der Waals surface area contributed by atoms with E-state index in [1.165, 1.54) is 0 Å². The number of nitrogens with zero attached hydrogens (tertiary/aromatic N) is 1. The molecular weight excluding hydrogens is 304 g/mol. The van der Waals surface area contributed by atoms with Gasteiger partial charge in [-0.05, 0) is 32.8 Å². The number of hydrogen-bond donors (Lipinski definition) is 3. The van der Waals surface area contributed by atoms with Crippen molar-refractivity contribution in [2.45, 2.75) is 39.3 Å². The van der Waals surface area contributed by atoms with Crippen LogP contribution in [0.1, 0.15) is 31.1 Å². The summed E-state index contributed by atoms with van der Waals surface area (Å²) in [6.07, 6.45) is 2.16. The Morgan fingerprint density at radius 2 is 2.08 bits per heavy atom. The first-order valence-electron chi connectivity index (χ1n) is 8.46. The average molecular weight is 328 g/mol. The Hall–Kier alpha value is -2.50. The number of aryl methyl sites for hydroxylation is 1. The molecule has 1 aromatic carbocycles. The van der Waals surface area contributed by atoms with Crippen LogP contribution in [0.15, 0.2) is 33.7 Å². The number of amides is 1. The van der Waals surface area contributed by atoms with Crippen molar-refractivity contribution in [1.82, 2.24) is 16.0 Å². The summed E-state index contributed by atoms with van der Waals surface area (Å²) in [5.74, 6) is 1.46. The Morgan fingerprint density at radius 3 is 2.79 bits per heavy atom. The summed E-state index contributed by atoms with van der Waals surface area (Å²) in [6.45, 7) is 5.43. The van der Waals surface area contributed by atoms with Crippen molar-refractivity contribution in [1.29, 1.82) is 0 Å².